The van der Waals surface area contributed by atoms with Crippen molar-refractivity contribution in [3.8, 4) is 29.6 Å². The van der Waals surface area contributed by atoms with Crippen LogP contribution >= 0.6 is 0 Å². The molecule has 0 unspecified atom stereocenters. The Balaban J connectivity index is 2.18. The van der Waals surface area contributed by atoms with Crippen LogP contribution in [0.2, 0.25) is 0 Å². The molecule has 8 nitrogen and oxygen atoms in total. The van der Waals surface area contributed by atoms with Gasteiger partial charge in [-0.05, 0) is 36.8 Å². The van der Waals surface area contributed by atoms with Crippen molar-refractivity contribution < 1.29 is 4.74 Å². The number of allylic oxidation sites excluding steroid dienone is 2. The summed E-state index contributed by atoms with van der Waals surface area (Å²) in [6.45, 7) is 1.86. The van der Waals surface area contributed by atoms with Crippen molar-refractivity contribution in [1.82, 2.24) is 15.0 Å². The third-order valence-corrected chi connectivity index (χ3v) is 3.76. The fourth-order valence-corrected chi connectivity index (χ4v) is 2.60. The lowest BCUT2D eigenvalue weighted by Crippen LogP contribution is -2.07. The van der Waals surface area contributed by atoms with E-state index >= 15 is 0 Å². The molecule has 0 aliphatic heterocycles. The number of hydrogen-bond donors (Lipinski definition) is 1. The lowest BCUT2D eigenvalue weighted by atomic mass is 10.1. The van der Waals surface area contributed by atoms with Gasteiger partial charge in [0.05, 0.1) is 12.8 Å². The van der Waals surface area contributed by atoms with Crippen LogP contribution in [0.4, 0.5) is 5.69 Å². The van der Waals surface area contributed by atoms with Crippen LogP contribution in [-0.4, -0.2) is 22.1 Å². The Morgan fingerprint density at radius 3 is 2.19 bits per heavy atom. The molecule has 0 saturated heterocycles. The molecule has 130 valence electrons. The molecular formula is C19H13N7O. The number of aromatic nitrogens is 3. The summed E-state index contributed by atoms with van der Waals surface area (Å²) >= 11 is 0. The average molecular weight is 355 g/mol. The zero-order valence-electron chi connectivity index (χ0n) is 14.6. The number of methoxy groups -OCH3 is 1. The van der Waals surface area contributed by atoms with Crippen LogP contribution in [0.5, 0.6) is 5.75 Å². The van der Waals surface area contributed by atoms with Crippen LogP contribution in [0.25, 0.3) is 16.7 Å². The van der Waals surface area contributed by atoms with Gasteiger partial charge >= 0.3 is 0 Å². The van der Waals surface area contributed by atoms with Crippen molar-refractivity contribution in [2.45, 2.75) is 6.92 Å². The maximum Gasteiger partial charge on any atom is 0.169 e. The normalized spacial score (nSPS) is 9.74. The third kappa shape index (κ3) is 3.26. The Hall–Kier alpha value is -4.35. The first-order valence-electron chi connectivity index (χ1n) is 7.84. The number of aryl methyl sites for hydroxylation is 1. The average Bonchev–Trinajstić information content (AvgIpc) is 3.11. The molecule has 1 N–H and O–H groups in total. The van der Waals surface area contributed by atoms with Crippen LogP contribution < -0.4 is 10.1 Å². The van der Waals surface area contributed by atoms with Gasteiger partial charge in [0, 0.05) is 0 Å². The summed E-state index contributed by atoms with van der Waals surface area (Å²) in [5, 5.41) is 39.1. The van der Waals surface area contributed by atoms with E-state index in [1.54, 1.807) is 18.2 Å². The van der Waals surface area contributed by atoms with Gasteiger partial charge < -0.3 is 10.1 Å². The van der Waals surface area contributed by atoms with E-state index in [9.17, 15) is 5.26 Å². The smallest absolute Gasteiger partial charge is 0.169 e. The van der Waals surface area contributed by atoms with Crippen molar-refractivity contribution in [3.63, 3.8) is 0 Å². The molecule has 0 aliphatic carbocycles. The van der Waals surface area contributed by atoms with Gasteiger partial charge in [-0.25, -0.2) is 0 Å². The van der Waals surface area contributed by atoms with Gasteiger partial charge in [0.25, 0.3) is 0 Å². The van der Waals surface area contributed by atoms with E-state index in [1.165, 1.54) is 11.9 Å². The van der Waals surface area contributed by atoms with E-state index in [-0.39, 0.29) is 11.3 Å². The Bertz CT molecular complexity index is 1140. The highest BCUT2D eigenvalue weighted by atomic mass is 16.5. The van der Waals surface area contributed by atoms with Gasteiger partial charge in [-0.3, -0.25) is 0 Å². The van der Waals surface area contributed by atoms with Gasteiger partial charge in [-0.1, -0.05) is 12.1 Å². The Kier molecular flexibility index (Phi) is 4.70. The van der Waals surface area contributed by atoms with E-state index in [2.05, 4.69) is 15.5 Å². The van der Waals surface area contributed by atoms with Crippen molar-refractivity contribution in [1.29, 1.82) is 15.8 Å². The largest absolute Gasteiger partial charge is 0.492 e. The predicted molar refractivity (Wildman–Crippen MR) is 97.6 cm³/mol. The molecule has 0 amide bonds. The van der Waals surface area contributed by atoms with Crippen molar-refractivity contribution in [3.05, 3.63) is 53.2 Å². The highest BCUT2D eigenvalue weighted by Gasteiger charge is 2.17. The molecule has 0 saturated carbocycles. The van der Waals surface area contributed by atoms with Gasteiger partial charge in [-0.15, -0.1) is 15.0 Å². The van der Waals surface area contributed by atoms with Crippen LogP contribution in [0.3, 0.4) is 0 Å². The lowest BCUT2D eigenvalue weighted by Gasteiger charge is -2.15. The molecule has 1 heterocycles. The van der Waals surface area contributed by atoms with Crippen molar-refractivity contribution in [2.75, 3.05) is 12.4 Å². The molecule has 0 spiro atoms. The molecule has 1 aromatic heterocycles. The summed E-state index contributed by atoms with van der Waals surface area (Å²) in [4.78, 5) is 1.45. The van der Waals surface area contributed by atoms with Crippen LogP contribution in [0, 0.1) is 40.9 Å². The number of ether oxygens (including phenoxy) is 1. The molecule has 0 atom stereocenters. The molecule has 8 heteroatoms. The first-order valence-corrected chi connectivity index (χ1v) is 7.84. The predicted octanol–water partition coefficient (Wildman–Crippen LogP) is 2.97. The van der Waals surface area contributed by atoms with Gasteiger partial charge in [0.2, 0.25) is 0 Å². The summed E-state index contributed by atoms with van der Waals surface area (Å²) < 4.78 is 5.51. The second kappa shape index (κ2) is 7.26. The minimum Gasteiger partial charge on any atom is -0.492 e. The summed E-state index contributed by atoms with van der Waals surface area (Å²) in [6.07, 6.45) is 0. The molecule has 3 rings (SSSR count). The molecule has 0 radical (unpaired) electrons. The third-order valence-electron chi connectivity index (χ3n) is 3.76. The number of anilines is 1. The summed E-state index contributed by atoms with van der Waals surface area (Å²) in [5.41, 5.74) is 2.81. The van der Waals surface area contributed by atoms with Crippen molar-refractivity contribution >= 4 is 16.7 Å². The maximum absolute atomic E-state index is 9.29. The van der Waals surface area contributed by atoms with Gasteiger partial charge in [-0.2, -0.15) is 15.8 Å². The standard InChI is InChI=1S/C19H13N7O/c1-12-7-16(23-17(11-22)13(9-20)10-21)19(27-2)18(8-12)26-24-14-5-3-4-6-15(14)25-26/h3-8,23H,1-2H3. The highest BCUT2D eigenvalue weighted by Crippen LogP contribution is 2.34. The topological polar surface area (TPSA) is 123 Å². The number of rotatable bonds is 4. The first kappa shape index (κ1) is 17.5. The monoisotopic (exact) mass is 355 g/mol. The lowest BCUT2D eigenvalue weighted by molar-refractivity contribution is 0.412. The highest BCUT2D eigenvalue weighted by molar-refractivity contribution is 5.75. The molecule has 2 aromatic carbocycles. The Morgan fingerprint density at radius 2 is 1.67 bits per heavy atom. The molecule has 27 heavy (non-hydrogen) atoms. The zero-order valence-corrected chi connectivity index (χ0v) is 14.6. The van der Waals surface area contributed by atoms with E-state index in [0.29, 0.717) is 17.1 Å². The SMILES string of the molecule is COc1c(NC(C#N)=C(C#N)C#N)cc(C)cc1-n1nc2ccccc2n1. The van der Waals surface area contributed by atoms with E-state index < -0.39 is 0 Å². The Morgan fingerprint density at radius 1 is 1.04 bits per heavy atom. The van der Waals surface area contributed by atoms with Crippen LogP contribution in [0.15, 0.2) is 47.7 Å². The number of fused-ring (bicyclic) bond motifs is 1. The minimum atomic E-state index is -0.314. The second-order valence-corrected chi connectivity index (χ2v) is 5.55. The van der Waals surface area contributed by atoms with E-state index in [0.717, 1.165) is 16.6 Å². The van der Waals surface area contributed by atoms with E-state index in [1.807, 2.05) is 43.3 Å². The molecule has 0 fully saturated rings. The van der Waals surface area contributed by atoms with Gasteiger partial charge in [0.1, 0.15) is 40.6 Å². The van der Waals surface area contributed by atoms with Gasteiger partial charge in [0.15, 0.2) is 11.3 Å². The number of nitrogens with zero attached hydrogens (tertiary/aromatic N) is 6. The van der Waals surface area contributed by atoms with E-state index in [4.69, 9.17) is 15.3 Å². The fourth-order valence-electron chi connectivity index (χ4n) is 2.60. The quantitative estimate of drug-likeness (QED) is 0.713. The summed E-state index contributed by atoms with van der Waals surface area (Å²) in [7, 11) is 1.48. The fraction of sp³-hybridized carbons (Fsp3) is 0.105. The molecule has 0 bridgehead atoms. The maximum atomic E-state index is 9.29. The Labute approximate surface area is 155 Å². The number of hydrogen-bond acceptors (Lipinski definition) is 7. The second-order valence-electron chi connectivity index (χ2n) is 5.55. The van der Waals surface area contributed by atoms with Crippen LogP contribution in [-0.2, 0) is 0 Å². The molecule has 3 aromatic rings. The van der Waals surface area contributed by atoms with Crippen LogP contribution in [0.1, 0.15) is 5.56 Å². The molecule has 0 aliphatic rings. The summed E-state index contributed by atoms with van der Waals surface area (Å²) in [6, 6.07) is 16.3. The first-order chi connectivity index (χ1) is 13.1. The number of benzene rings is 2. The molecular weight excluding hydrogens is 342 g/mol. The number of nitrogens with one attached hydrogen (secondary N) is 1. The van der Waals surface area contributed by atoms with Crippen molar-refractivity contribution in [2.24, 2.45) is 0 Å². The minimum absolute atomic E-state index is 0.159. The zero-order chi connectivity index (χ0) is 19.4. The summed E-state index contributed by atoms with van der Waals surface area (Å²) in [5.74, 6) is 0.379. The number of nitriles is 3.